The quantitative estimate of drug-likeness (QED) is 0.559. The molecule has 2 aromatic carbocycles. The molecular weight excluding hydrogens is 336 g/mol. The van der Waals surface area contributed by atoms with Gasteiger partial charge in [0.05, 0.1) is 18.4 Å². The fourth-order valence-corrected chi connectivity index (χ4v) is 3.43. The average molecular weight is 358 g/mol. The van der Waals surface area contributed by atoms with E-state index in [9.17, 15) is 4.79 Å². The van der Waals surface area contributed by atoms with E-state index in [2.05, 4.69) is 55.1 Å². The first-order valence-corrected chi connectivity index (χ1v) is 9.01. The van der Waals surface area contributed by atoms with Crippen LogP contribution in [0.15, 0.2) is 53.7 Å². The van der Waals surface area contributed by atoms with Crippen molar-refractivity contribution in [3.8, 4) is 5.69 Å². The summed E-state index contributed by atoms with van der Waals surface area (Å²) in [5.74, 6) is 0. The minimum atomic E-state index is -0.0723. The standard InChI is InChI=1S/C22H22N4O/c1-14-6-8-20(17(4)9-14)26-21-19(11-24-26)22(27)25(13-23-21)12-18-10-15(2)5-7-16(18)3/h5-11,13H,12H2,1-4H3. The van der Waals surface area contributed by atoms with Crippen molar-refractivity contribution in [1.82, 2.24) is 19.3 Å². The molecule has 0 aliphatic carbocycles. The first-order chi connectivity index (χ1) is 12.9. The van der Waals surface area contributed by atoms with Crippen molar-refractivity contribution in [1.29, 1.82) is 0 Å². The maximum absolute atomic E-state index is 13.0. The van der Waals surface area contributed by atoms with Gasteiger partial charge in [-0.3, -0.25) is 9.36 Å². The van der Waals surface area contributed by atoms with Gasteiger partial charge in [-0.1, -0.05) is 41.5 Å². The molecule has 0 bridgehead atoms. The first-order valence-electron chi connectivity index (χ1n) is 9.01. The molecule has 0 N–H and O–H groups in total. The van der Waals surface area contributed by atoms with Gasteiger partial charge in [0.1, 0.15) is 11.7 Å². The molecule has 0 radical (unpaired) electrons. The van der Waals surface area contributed by atoms with Crippen molar-refractivity contribution in [2.45, 2.75) is 34.2 Å². The van der Waals surface area contributed by atoms with E-state index >= 15 is 0 Å². The predicted octanol–water partition coefficient (Wildman–Crippen LogP) is 3.86. The third-order valence-corrected chi connectivity index (χ3v) is 4.98. The molecule has 27 heavy (non-hydrogen) atoms. The van der Waals surface area contributed by atoms with E-state index in [4.69, 9.17) is 0 Å². The minimum absolute atomic E-state index is 0.0723. The summed E-state index contributed by atoms with van der Waals surface area (Å²) in [6, 6.07) is 12.4. The van der Waals surface area contributed by atoms with Gasteiger partial charge in [0.25, 0.3) is 5.56 Å². The fourth-order valence-electron chi connectivity index (χ4n) is 3.43. The van der Waals surface area contributed by atoms with E-state index in [0.717, 1.165) is 16.8 Å². The number of fused-ring (bicyclic) bond motifs is 1. The lowest BCUT2D eigenvalue weighted by molar-refractivity contribution is 0.741. The summed E-state index contributed by atoms with van der Waals surface area (Å²) >= 11 is 0. The monoisotopic (exact) mass is 358 g/mol. The maximum atomic E-state index is 13.0. The van der Waals surface area contributed by atoms with Gasteiger partial charge in [0, 0.05) is 0 Å². The van der Waals surface area contributed by atoms with Gasteiger partial charge in [0.2, 0.25) is 0 Å². The van der Waals surface area contributed by atoms with Crippen LogP contribution in [0.1, 0.15) is 27.8 Å². The highest BCUT2D eigenvalue weighted by molar-refractivity contribution is 5.75. The van der Waals surface area contributed by atoms with E-state index in [1.54, 1.807) is 21.8 Å². The van der Waals surface area contributed by atoms with Crippen LogP contribution < -0.4 is 5.56 Å². The fraction of sp³-hybridized carbons (Fsp3) is 0.227. The van der Waals surface area contributed by atoms with E-state index in [-0.39, 0.29) is 5.56 Å². The third kappa shape index (κ3) is 3.05. The topological polar surface area (TPSA) is 52.7 Å². The summed E-state index contributed by atoms with van der Waals surface area (Å²) in [5.41, 5.74) is 7.22. The summed E-state index contributed by atoms with van der Waals surface area (Å²) in [6.45, 7) is 8.72. The second-order valence-electron chi connectivity index (χ2n) is 7.19. The lowest BCUT2D eigenvalue weighted by Crippen LogP contribution is -2.21. The number of rotatable bonds is 3. The number of hydrogen-bond acceptors (Lipinski definition) is 3. The Hall–Kier alpha value is -3.21. The van der Waals surface area contributed by atoms with Crippen LogP contribution in [0, 0.1) is 27.7 Å². The molecule has 0 aliphatic rings. The third-order valence-electron chi connectivity index (χ3n) is 4.98. The van der Waals surface area contributed by atoms with Crippen molar-refractivity contribution in [2.24, 2.45) is 0 Å². The highest BCUT2D eigenvalue weighted by Gasteiger charge is 2.13. The molecule has 4 aromatic rings. The van der Waals surface area contributed by atoms with Gasteiger partial charge < -0.3 is 0 Å². The number of aryl methyl sites for hydroxylation is 4. The van der Waals surface area contributed by atoms with E-state index in [1.807, 2.05) is 19.1 Å². The molecule has 4 rings (SSSR count). The lowest BCUT2D eigenvalue weighted by Gasteiger charge is -2.10. The Kier molecular flexibility index (Phi) is 4.15. The van der Waals surface area contributed by atoms with Crippen LogP contribution >= 0.6 is 0 Å². The molecule has 0 amide bonds. The Bertz CT molecular complexity index is 1220. The summed E-state index contributed by atoms with van der Waals surface area (Å²) < 4.78 is 3.39. The zero-order valence-corrected chi connectivity index (χ0v) is 16.0. The van der Waals surface area contributed by atoms with Crippen molar-refractivity contribution in [3.05, 3.63) is 87.1 Å². The Balaban J connectivity index is 1.80. The number of nitrogens with zero attached hydrogens (tertiary/aromatic N) is 4. The normalized spacial score (nSPS) is 11.3. The number of hydrogen-bond donors (Lipinski definition) is 0. The van der Waals surface area contributed by atoms with Gasteiger partial charge in [-0.25, -0.2) is 9.67 Å². The SMILES string of the molecule is Cc1ccc(-n2ncc3c(=O)n(Cc4cc(C)ccc4C)cnc32)c(C)c1. The summed E-state index contributed by atoms with van der Waals surface area (Å²) in [5, 5.41) is 4.97. The van der Waals surface area contributed by atoms with Crippen LogP contribution in [0.3, 0.4) is 0 Å². The van der Waals surface area contributed by atoms with Gasteiger partial charge in [0.15, 0.2) is 5.65 Å². The molecule has 0 spiro atoms. The Morgan fingerprint density at radius 1 is 0.926 bits per heavy atom. The van der Waals surface area contributed by atoms with Gasteiger partial charge in [-0.05, 0) is 50.5 Å². The molecular formula is C22H22N4O. The number of benzene rings is 2. The Labute approximate surface area is 157 Å². The second kappa shape index (κ2) is 6.50. The van der Waals surface area contributed by atoms with Crippen LogP contribution in [-0.2, 0) is 6.54 Å². The van der Waals surface area contributed by atoms with Gasteiger partial charge in [-0.15, -0.1) is 0 Å². The largest absolute Gasteiger partial charge is 0.294 e. The zero-order chi connectivity index (χ0) is 19.1. The lowest BCUT2D eigenvalue weighted by atomic mass is 10.1. The summed E-state index contributed by atoms with van der Waals surface area (Å²) in [7, 11) is 0. The molecule has 0 aliphatic heterocycles. The zero-order valence-electron chi connectivity index (χ0n) is 16.0. The Morgan fingerprint density at radius 2 is 1.67 bits per heavy atom. The molecule has 5 heteroatoms. The van der Waals surface area contributed by atoms with Crippen molar-refractivity contribution < 1.29 is 0 Å². The maximum Gasteiger partial charge on any atom is 0.264 e. The molecule has 5 nitrogen and oxygen atoms in total. The molecule has 0 fully saturated rings. The highest BCUT2D eigenvalue weighted by atomic mass is 16.1. The molecule has 0 atom stereocenters. The Morgan fingerprint density at radius 3 is 2.44 bits per heavy atom. The molecule has 136 valence electrons. The molecule has 0 saturated carbocycles. The molecule has 0 saturated heterocycles. The van der Waals surface area contributed by atoms with Gasteiger partial charge >= 0.3 is 0 Å². The van der Waals surface area contributed by atoms with Crippen molar-refractivity contribution >= 4 is 11.0 Å². The van der Waals surface area contributed by atoms with Gasteiger partial charge in [-0.2, -0.15) is 5.10 Å². The van der Waals surface area contributed by atoms with Crippen molar-refractivity contribution in [3.63, 3.8) is 0 Å². The van der Waals surface area contributed by atoms with Crippen LogP contribution in [0.4, 0.5) is 0 Å². The minimum Gasteiger partial charge on any atom is -0.294 e. The van der Waals surface area contributed by atoms with E-state index in [0.29, 0.717) is 17.6 Å². The van der Waals surface area contributed by atoms with Crippen LogP contribution in [0.2, 0.25) is 0 Å². The van der Waals surface area contributed by atoms with Crippen LogP contribution in [0.5, 0.6) is 0 Å². The smallest absolute Gasteiger partial charge is 0.264 e. The highest BCUT2D eigenvalue weighted by Crippen LogP contribution is 2.19. The average Bonchev–Trinajstić information content (AvgIpc) is 3.05. The van der Waals surface area contributed by atoms with Crippen LogP contribution in [-0.4, -0.2) is 19.3 Å². The van der Waals surface area contributed by atoms with Crippen LogP contribution in [0.25, 0.3) is 16.7 Å². The second-order valence-corrected chi connectivity index (χ2v) is 7.19. The molecule has 0 unspecified atom stereocenters. The molecule has 2 heterocycles. The summed E-state index contributed by atoms with van der Waals surface area (Å²) in [6.07, 6.45) is 3.23. The predicted molar refractivity (Wildman–Crippen MR) is 108 cm³/mol. The first kappa shape index (κ1) is 17.2. The van der Waals surface area contributed by atoms with E-state index < -0.39 is 0 Å². The summed E-state index contributed by atoms with van der Waals surface area (Å²) in [4.78, 5) is 17.5. The molecule has 2 aromatic heterocycles. The van der Waals surface area contributed by atoms with Crippen molar-refractivity contribution in [2.75, 3.05) is 0 Å². The van der Waals surface area contributed by atoms with E-state index in [1.165, 1.54) is 16.7 Å². The number of aromatic nitrogens is 4.